The van der Waals surface area contributed by atoms with Gasteiger partial charge in [0.05, 0.1) is 22.4 Å². The predicted octanol–water partition coefficient (Wildman–Crippen LogP) is 4.63. The number of rotatable bonds is 12. The average molecular weight is 557 g/mol. The Kier molecular flexibility index (Phi) is 9.44. The molecule has 1 aliphatic carbocycles. The Balaban J connectivity index is 1.47. The van der Waals surface area contributed by atoms with Gasteiger partial charge in [-0.05, 0) is 82.8 Å². The van der Waals surface area contributed by atoms with Crippen molar-refractivity contribution in [3.63, 3.8) is 0 Å². The summed E-state index contributed by atoms with van der Waals surface area (Å²) in [5.41, 5.74) is 1.52. The van der Waals surface area contributed by atoms with Crippen molar-refractivity contribution in [3.8, 4) is 11.8 Å². The average Bonchev–Trinajstić information content (AvgIpc) is 3.29. The summed E-state index contributed by atoms with van der Waals surface area (Å²) >= 11 is 1.23. The molecule has 1 aromatic heterocycles. The van der Waals surface area contributed by atoms with Crippen LogP contribution in [0.5, 0.6) is 5.75 Å². The van der Waals surface area contributed by atoms with Gasteiger partial charge in [-0.1, -0.05) is 31.1 Å². The molecule has 0 saturated heterocycles. The summed E-state index contributed by atoms with van der Waals surface area (Å²) in [6.07, 6.45) is 5.39. The highest BCUT2D eigenvalue weighted by molar-refractivity contribution is 7.93. The first-order valence-electron chi connectivity index (χ1n) is 13.0. The van der Waals surface area contributed by atoms with E-state index in [1.165, 1.54) is 23.8 Å². The Morgan fingerprint density at radius 1 is 1.18 bits per heavy atom. The second kappa shape index (κ2) is 12.8. The number of ether oxygens (including phenoxy) is 1. The molecular weight excluding hydrogens is 520 g/mol. The van der Waals surface area contributed by atoms with Crippen LogP contribution in [0.3, 0.4) is 0 Å². The lowest BCUT2D eigenvalue weighted by Crippen LogP contribution is -2.45. The number of hydrogen-bond acceptors (Lipinski definition) is 9. The Bertz CT molecular complexity index is 1380. The number of benzene rings is 2. The third kappa shape index (κ3) is 6.94. The Hall–Kier alpha value is -2.91. The number of thiazole rings is 1. The molecule has 38 heavy (non-hydrogen) atoms. The minimum absolute atomic E-state index is 0.0673. The van der Waals surface area contributed by atoms with Gasteiger partial charge in [-0.25, -0.2) is 13.4 Å². The molecule has 11 heteroatoms. The van der Waals surface area contributed by atoms with Crippen molar-refractivity contribution < 1.29 is 13.2 Å². The van der Waals surface area contributed by atoms with Crippen LogP contribution in [0.15, 0.2) is 41.3 Å². The van der Waals surface area contributed by atoms with Gasteiger partial charge in [0.15, 0.2) is 5.13 Å². The van der Waals surface area contributed by atoms with Gasteiger partial charge in [0.2, 0.25) is 0 Å². The van der Waals surface area contributed by atoms with Gasteiger partial charge in [0, 0.05) is 17.8 Å². The molecular formula is C27H36N6O3S2. The SMILES string of the molecule is CCNCCCOc1ccc2nc(NS(=O)(=O)c3ccc(N[C@H]4CCCC[C@@H]4N(C)C)cc3C#N)sc2c1. The number of sulfonamides is 1. The molecule has 2 aromatic carbocycles. The minimum Gasteiger partial charge on any atom is -0.493 e. The van der Waals surface area contributed by atoms with E-state index in [2.05, 4.69) is 52.3 Å². The number of aromatic nitrogens is 1. The van der Waals surface area contributed by atoms with E-state index < -0.39 is 10.0 Å². The van der Waals surface area contributed by atoms with Crippen LogP contribution in [0, 0.1) is 11.3 Å². The Labute approximate surface area is 229 Å². The van der Waals surface area contributed by atoms with Crippen molar-refractivity contribution >= 4 is 42.4 Å². The number of likely N-dealkylation sites (N-methyl/N-ethyl adjacent to an activating group) is 1. The molecule has 1 aliphatic rings. The van der Waals surface area contributed by atoms with Gasteiger partial charge >= 0.3 is 0 Å². The largest absolute Gasteiger partial charge is 0.493 e. The number of nitrogens with zero attached hydrogens (tertiary/aromatic N) is 3. The molecule has 0 bridgehead atoms. The summed E-state index contributed by atoms with van der Waals surface area (Å²) in [5, 5.41) is 16.8. The van der Waals surface area contributed by atoms with Crippen LogP contribution in [0.25, 0.3) is 10.2 Å². The van der Waals surface area contributed by atoms with Crippen LogP contribution < -0.4 is 20.1 Å². The molecule has 3 aromatic rings. The lowest BCUT2D eigenvalue weighted by atomic mass is 9.89. The van der Waals surface area contributed by atoms with E-state index in [1.54, 1.807) is 12.1 Å². The predicted molar refractivity (Wildman–Crippen MR) is 154 cm³/mol. The Morgan fingerprint density at radius 2 is 2.00 bits per heavy atom. The van der Waals surface area contributed by atoms with E-state index in [9.17, 15) is 13.7 Å². The van der Waals surface area contributed by atoms with Crippen molar-refractivity contribution in [3.05, 3.63) is 42.0 Å². The second-order valence-corrected chi connectivity index (χ2v) is 12.4. The summed E-state index contributed by atoms with van der Waals surface area (Å²) < 4.78 is 35.7. The van der Waals surface area contributed by atoms with Crippen molar-refractivity contribution in [1.29, 1.82) is 5.26 Å². The standard InChI is InChI=1S/C27H36N6O3S2/c1-4-29-14-7-15-36-21-11-12-23-25(17-21)37-27(31-23)32-38(34,35)26-13-10-20(16-19(26)18-28)30-22-8-5-6-9-24(22)33(2)3/h10-13,16-17,22,24,29-30H,4-9,14-15H2,1-3H3,(H,31,32)/t22-,24-/m0/s1. The molecule has 1 fully saturated rings. The summed E-state index contributed by atoms with van der Waals surface area (Å²) in [5.74, 6) is 0.719. The smallest absolute Gasteiger partial charge is 0.264 e. The van der Waals surface area contributed by atoms with Gasteiger partial charge < -0.3 is 20.3 Å². The zero-order valence-electron chi connectivity index (χ0n) is 22.2. The fourth-order valence-electron chi connectivity index (χ4n) is 4.83. The first kappa shape index (κ1) is 28.1. The highest BCUT2D eigenvalue weighted by atomic mass is 32.2. The van der Waals surface area contributed by atoms with Crippen LogP contribution in [0.1, 0.15) is 44.6 Å². The normalized spacial score (nSPS) is 17.9. The molecule has 0 unspecified atom stereocenters. The molecule has 2 atom stereocenters. The maximum atomic E-state index is 13.2. The van der Waals surface area contributed by atoms with E-state index in [1.807, 2.05) is 18.2 Å². The molecule has 0 spiro atoms. The number of fused-ring (bicyclic) bond motifs is 1. The third-order valence-electron chi connectivity index (χ3n) is 6.73. The zero-order chi connectivity index (χ0) is 27.1. The highest BCUT2D eigenvalue weighted by Gasteiger charge is 2.27. The van der Waals surface area contributed by atoms with E-state index in [-0.39, 0.29) is 21.6 Å². The third-order valence-corrected chi connectivity index (χ3v) is 9.19. The number of hydrogen-bond donors (Lipinski definition) is 3. The van der Waals surface area contributed by atoms with Crippen LogP contribution in [-0.4, -0.2) is 64.2 Å². The monoisotopic (exact) mass is 556 g/mol. The number of nitriles is 1. The van der Waals surface area contributed by atoms with Gasteiger partial charge in [0.1, 0.15) is 16.7 Å². The second-order valence-electron chi connectivity index (χ2n) is 9.70. The lowest BCUT2D eigenvalue weighted by molar-refractivity contribution is 0.211. The van der Waals surface area contributed by atoms with Crippen molar-refractivity contribution in [2.75, 3.05) is 43.8 Å². The minimum atomic E-state index is -4.01. The van der Waals surface area contributed by atoms with Crippen LogP contribution in [-0.2, 0) is 10.0 Å². The molecule has 0 aliphatic heterocycles. The lowest BCUT2D eigenvalue weighted by Gasteiger charge is -2.37. The van der Waals surface area contributed by atoms with E-state index in [4.69, 9.17) is 4.74 Å². The molecule has 1 heterocycles. The zero-order valence-corrected chi connectivity index (χ0v) is 23.8. The highest BCUT2D eigenvalue weighted by Crippen LogP contribution is 2.32. The molecule has 1 saturated carbocycles. The first-order valence-corrected chi connectivity index (χ1v) is 15.3. The van der Waals surface area contributed by atoms with E-state index >= 15 is 0 Å². The van der Waals surface area contributed by atoms with Crippen molar-refractivity contribution in [2.24, 2.45) is 0 Å². The maximum Gasteiger partial charge on any atom is 0.264 e. The summed E-state index contributed by atoms with van der Waals surface area (Å²) in [7, 11) is 0.147. The quantitative estimate of drug-likeness (QED) is 0.276. The van der Waals surface area contributed by atoms with Gasteiger partial charge in [-0.3, -0.25) is 4.72 Å². The first-order chi connectivity index (χ1) is 18.3. The van der Waals surface area contributed by atoms with Gasteiger partial charge in [0.25, 0.3) is 10.0 Å². The van der Waals surface area contributed by atoms with Crippen LogP contribution >= 0.6 is 11.3 Å². The number of anilines is 2. The topological polar surface area (TPSA) is 119 Å². The molecule has 3 N–H and O–H groups in total. The maximum absolute atomic E-state index is 13.2. The molecule has 0 amide bonds. The van der Waals surface area contributed by atoms with Crippen LogP contribution in [0.2, 0.25) is 0 Å². The molecule has 9 nitrogen and oxygen atoms in total. The Morgan fingerprint density at radius 3 is 2.76 bits per heavy atom. The van der Waals surface area contributed by atoms with E-state index in [0.29, 0.717) is 18.2 Å². The van der Waals surface area contributed by atoms with Gasteiger partial charge in [-0.15, -0.1) is 0 Å². The van der Waals surface area contributed by atoms with E-state index in [0.717, 1.165) is 54.9 Å². The van der Waals surface area contributed by atoms with Gasteiger partial charge in [-0.2, -0.15) is 5.26 Å². The summed E-state index contributed by atoms with van der Waals surface area (Å²) in [6.45, 7) is 4.48. The number of nitrogens with one attached hydrogen (secondary N) is 3. The fourth-order valence-corrected chi connectivity index (χ4v) is 7.09. The molecule has 204 valence electrons. The van der Waals surface area contributed by atoms with Crippen LogP contribution in [0.4, 0.5) is 10.8 Å². The van der Waals surface area contributed by atoms with Crippen molar-refractivity contribution in [2.45, 2.75) is 56.0 Å². The van der Waals surface area contributed by atoms with Crippen molar-refractivity contribution in [1.82, 2.24) is 15.2 Å². The summed E-state index contributed by atoms with van der Waals surface area (Å²) in [6, 6.07) is 13.1. The molecule has 4 rings (SSSR count). The summed E-state index contributed by atoms with van der Waals surface area (Å²) in [4.78, 5) is 6.58. The molecule has 0 radical (unpaired) electrons. The fraction of sp³-hybridized carbons (Fsp3) is 0.481.